The van der Waals surface area contributed by atoms with Gasteiger partial charge in [0.25, 0.3) is 0 Å². The smallest absolute Gasteiger partial charge is 0.387 e. The van der Waals surface area contributed by atoms with Crippen molar-refractivity contribution in [3.8, 4) is 0 Å². The van der Waals surface area contributed by atoms with Crippen LogP contribution in [0.25, 0.3) is 0 Å². The molecule has 0 fully saturated rings. The van der Waals surface area contributed by atoms with E-state index in [0.29, 0.717) is 17.4 Å². The van der Waals surface area contributed by atoms with Crippen LogP contribution in [0.15, 0.2) is 36.5 Å². The van der Waals surface area contributed by atoms with Gasteiger partial charge in [-0.3, -0.25) is 13.8 Å². The van der Waals surface area contributed by atoms with Crippen molar-refractivity contribution in [3.63, 3.8) is 0 Å². The minimum Gasteiger partial charge on any atom is -0.387 e. The first kappa shape index (κ1) is 69.7. The highest BCUT2D eigenvalue weighted by Crippen LogP contribution is 2.43. The van der Waals surface area contributed by atoms with Crippen molar-refractivity contribution in [1.29, 1.82) is 0 Å². The average Bonchev–Trinajstić information content (AvgIpc) is 3.33. The molecule has 0 aromatic heterocycles. The number of aliphatic hydroxyl groups excluding tert-OH is 1. The topological polar surface area (TPSA) is 105 Å². The van der Waals surface area contributed by atoms with Gasteiger partial charge in [0.1, 0.15) is 13.2 Å². The van der Waals surface area contributed by atoms with Crippen LogP contribution >= 0.6 is 7.82 Å². The molecule has 71 heavy (non-hydrogen) atoms. The van der Waals surface area contributed by atoms with Crippen LogP contribution in [0.1, 0.15) is 303 Å². The second kappa shape index (κ2) is 53.5. The number of likely N-dealkylation sites (N-methyl/N-ethyl adjacent to an activating group) is 1. The predicted octanol–water partition coefficient (Wildman–Crippen LogP) is 18.9. The van der Waals surface area contributed by atoms with Gasteiger partial charge in [-0.2, -0.15) is 0 Å². The van der Waals surface area contributed by atoms with Crippen LogP contribution in [-0.4, -0.2) is 73.4 Å². The standard InChI is InChI=1S/C62H121N2O6P/c1-6-8-10-12-14-16-18-20-22-24-26-28-30-32-34-36-38-40-42-44-46-48-50-52-54-56-62(66)63-60(59-70-71(67,68)69-58-57-64(3,4)5)61(65)55-53-51-49-47-45-43-41-39-37-35-33-31-29-27-25-23-21-19-17-15-13-11-9-7-2/h37,39,45,47,53,55,60-61,65H,6-36,38,40-44,46,48-52,54,56-59H2,1-5H3,(H-,63,66,67,68)/p+1/b39-37+,47-45+,55-53+. The molecule has 1 amide bonds. The molecule has 3 atom stereocenters. The van der Waals surface area contributed by atoms with Gasteiger partial charge in [-0.1, -0.05) is 288 Å². The molecule has 0 bridgehead atoms. The molecule has 9 heteroatoms. The summed E-state index contributed by atoms with van der Waals surface area (Å²) in [6.07, 6.45) is 69.8. The summed E-state index contributed by atoms with van der Waals surface area (Å²) >= 11 is 0. The third-order valence-corrected chi connectivity index (χ3v) is 15.1. The van der Waals surface area contributed by atoms with Gasteiger partial charge in [0, 0.05) is 6.42 Å². The Hall–Kier alpha value is -1.28. The van der Waals surface area contributed by atoms with Gasteiger partial charge < -0.3 is 19.8 Å². The minimum atomic E-state index is -4.36. The van der Waals surface area contributed by atoms with Gasteiger partial charge in [0.2, 0.25) is 5.91 Å². The lowest BCUT2D eigenvalue weighted by Crippen LogP contribution is -2.45. The van der Waals surface area contributed by atoms with E-state index in [0.717, 1.165) is 44.9 Å². The maximum absolute atomic E-state index is 13.0. The van der Waals surface area contributed by atoms with Crippen molar-refractivity contribution in [1.82, 2.24) is 5.32 Å². The fourth-order valence-electron chi connectivity index (χ4n) is 9.25. The minimum absolute atomic E-state index is 0.0552. The zero-order chi connectivity index (χ0) is 52.0. The van der Waals surface area contributed by atoms with Crippen LogP contribution < -0.4 is 5.32 Å². The average molecular weight is 1020 g/mol. The predicted molar refractivity (Wildman–Crippen MR) is 309 cm³/mol. The number of phosphoric acid groups is 1. The van der Waals surface area contributed by atoms with E-state index >= 15 is 0 Å². The number of aliphatic hydroxyl groups is 1. The van der Waals surface area contributed by atoms with E-state index in [1.807, 2.05) is 27.2 Å². The molecule has 0 aromatic carbocycles. The van der Waals surface area contributed by atoms with Crippen LogP contribution in [0.5, 0.6) is 0 Å². The zero-order valence-electron chi connectivity index (χ0n) is 48.0. The summed E-state index contributed by atoms with van der Waals surface area (Å²) < 4.78 is 23.7. The third kappa shape index (κ3) is 56.3. The van der Waals surface area contributed by atoms with Crippen LogP contribution in [-0.2, 0) is 18.4 Å². The highest BCUT2D eigenvalue weighted by molar-refractivity contribution is 7.47. The molecule has 0 aliphatic rings. The Kier molecular flexibility index (Phi) is 52.6. The number of hydrogen-bond donors (Lipinski definition) is 3. The first-order valence-corrected chi connectivity index (χ1v) is 32.4. The number of nitrogens with one attached hydrogen (secondary N) is 1. The van der Waals surface area contributed by atoms with Crippen molar-refractivity contribution in [2.75, 3.05) is 40.9 Å². The monoisotopic (exact) mass is 1020 g/mol. The zero-order valence-corrected chi connectivity index (χ0v) is 48.9. The molecule has 0 aliphatic heterocycles. The molecule has 0 saturated heterocycles. The number of carbonyl (C=O) groups excluding carboxylic acids is 1. The van der Waals surface area contributed by atoms with Gasteiger partial charge in [0.05, 0.1) is 39.9 Å². The number of hydrogen-bond acceptors (Lipinski definition) is 5. The summed E-state index contributed by atoms with van der Waals surface area (Å²) in [5, 5.41) is 13.9. The number of nitrogens with zero attached hydrogens (tertiary/aromatic N) is 1. The molecule has 0 rings (SSSR count). The van der Waals surface area contributed by atoms with Gasteiger partial charge in [0.15, 0.2) is 0 Å². The Morgan fingerprint density at radius 3 is 1.13 bits per heavy atom. The Morgan fingerprint density at radius 1 is 0.465 bits per heavy atom. The molecule has 0 aliphatic carbocycles. The molecule has 0 heterocycles. The largest absolute Gasteiger partial charge is 0.472 e. The van der Waals surface area contributed by atoms with Crippen LogP contribution in [0.4, 0.5) is 0 Å². The van der Waals surface area contributed by atoms with E-state index in [-0.39, 0.29) is 19.1 Å². The summed E-state index contributed by atoms with van der Waals surface area (Å²) in [6.45, 7) is 4.83. The number of phosphoric ester groups is 1. The molecule has 0 saturated carbocycles. The lowest BCUT2D eigenvalue weighted by molar-refractivity contribution is -0.870. The van der Waals surface area contributed by atoms with Crippen LogP contribution in [0, 0.1) is 0 Å². The second-order valence-corrected chi connectivity index (χ2v) is 23.9. The molecule has 420 valence electrons. The number of rotatable bonds is 57. The highest BCUT2D eigenvalue weighted by atomic mass is 31.2. The maximum Gasteiger partial charge on any atom is 0.472 e. The molecular formula is C62H122N2O6P+. The Balaban J connectivity index is 4.21. The van der Waals surface area contributed by atoms with Crippen molar-refractivity contribution in [2.45, 2.75) is 315 Å². The lowest BCUT2D eigenvalue weighted by Gasteiger charge is -2.25. The summed E-state index contributed by atoms with van der Waals surface area (Å²) in [6, 6.07) is -0.868. The van der Waals surface area contributed by atoms with Crippen molar-refractivity contribution < 1.29 is 32.9 Å². The van der Waals surface area contributed by atoms with E-state index in [1.165, 1.54) is 238 Å². The van der Waals surface area contributed by atoms with E-state index in [1.54, 1.807) is 6.08 Å². The van der Waals surface area contributed by atoms with E-state index in [4.69, 9.17) is 9.05 Å². The fraction of sp³-hybridized carbons (Fsp3) is 0.887. The Labute approximate surface area is 442 Å². The summed E-state index contributed by atoms with van der Waals surface area (Å²) in [7, 11) is 1.56. The van der Waals surface area contributed by atoms with Gasteiger partial charge >= 0.3 is 7.82 Å². The summed E-state index contributed by atoms with van der Waals surface area (Å²) in [5.74, 6) is -0.185. The second-order valence-electron chi connectivity index (χ2n) is 22.4. The number of carbonyl (C=O) groups is 1. The Morgan fingerprint density at radius 2 is 0.775 bits per heavy atom. The number of unbranched alkanes of at least 4 members (excludes halogenated alkanes) is 40. The molecular weight excluding hydrogens is 900 g/mol. The molecule has 0 spiro atoms. The van der Waals surface area contributed by atoms with Gasteiger partial charge in [-0.15, -0.1) is 0 Å². The van der Waals surface area contributed by atoms with E-state index in [9.17, 15) is 19.4 Å². The summed E-state index contributed by atoms with van der Waals surface area (Å²) in [4.78, 5) is 23.3. The van der Waals surface area contributed by atoms with E-state index < -0.39 is 20.0 Å². The Bertz CT molecular complexity index is 1250. The van der Waals surface area contributed by atoms with Gasteiger partial charge in [-0.25, -0.2) is 4.57 Å². The van der Waals surface area contributed by atoms with Crippen molar-refractivity contribution in [3.05, 3.63) is 36.5 Å². The van der Waals surface area contributed by atoms with Crippen molar-refractivity contribution >= 4 is 13.7 Å². The molecule has 3 N–H and O–H groups in total. The summed E-state index contributed by atoms with van der Waals surface area (Å²) in [5.41, 5.74) is 0. The molecule has 8 nitrogen and oxygen atoms in total. The van der Waals surface area contributed by atoms with Crippen LogP contribution in [0.2, 0.25) is 0 Å². The molecule has 0 aromatic rings. The van der Waals surface area contributed by atoms with E-state index in [2.05, 4.69) is 43.5 Å². The molecule has 0 radical (unpaired) electrons. The highest BCUT2D eigenvalue weighted by Gasteiger charge is 2.27. The number of quaternary nitrogens is 1. The SMILES string of the molecule is CCCCCCCCCCCCCCCC/C=C/CC/C=C/CC/C=C/C(O)C(COP(=O)(O)OCC[N+](C)(C)C)NC(=O)CCCCCCCCCCCCCCCCCCCCCCCCCCC. The lowest BCUT2D eigenvalue weighted by atomic mass is 10.0. The fourth-order valence-corrected chi connectivity index (χ4v) is 9.99. The van der Waals surface area contributed by atoms with Gasteiger partial charge in [-0.05, 0) is 44.9 Å². The number of amides is 1. The quantitative estimate of drug-likeness (QED) is 0.0243. The maximum atomic E-state index is 13.0. The van der Waals surface area contributed by atoms with Crippen molar-refractivity contribution in [2.24, 2.45) is 0 Å². The third-order valence-electron chi connectivity index (χ3n) is 14.1. The first-order valence-electron chi connectivity index (χ1n) is 30.9. The molecule has 3 unspecified atom stereocenters. The van der Waals surface area contributed by atoms with Crippen LogP contribution in [0.3, 0.4) is 0 Å². The normalized spacial score (nSPS) is 14.1. The number of allylic oxidation sites excluding steroid dienone is 5. The first-order chi connectivity index (χ1) is 34.5.